The van der Waals surface area contributed by atoms with Gasteiger partial charge in [0.15, 0.2) is 0 Å². The summed E-state index contributed by atoms with van der Waals surface area (Å²) in [5.74, 6) is 0. The van der Waals surface area contributed by atoms with E-state index in [1.165, 1.54) is 11.3 Å². The second kappa shape index (κ2) is 4.67. The van der Waals surface area contributed by atoms with Gasteiger partial charge in [-0.15, -0.1) is 16.4 Å². The Bertz CT molecular complexity index is 633. The lowest BCUT2D eigenvalue weighted by Gasteiger charge is -2.04. The van der Waals surface area contributed by atoms with Crippen LogP contribution in [0.5, 0.6) is 0 Å². The van der Waals surface area contributed by atoms with Crippen LogP contribution in [0.25, 0.3) is 16.4 Å². The summed E-state index contributed by atoms with van der Waals surface area (Å²) in [7, 11) is 0. The Kier molecular flexibility index (Phi) is 2.87. The standard InChI is InChI=1S/C12H10N4OS/c17-8-10-11(9-4-2-1-3-5-9)16(15-14-10)12-13-6-7-18-12/h1-7,17H,8H2. The fourth-order valence-corrected chi connectivity index (χ4v) is 2.35. The van der Waals surface area contributed by atoms with Crippen LogP contribution in [-0.2, 0) is 6.61 Å². The molecule has 18 heavy (non-hydrogen) atoms. The average Bonchev–Trinajstić information content (AvgIpc) is 3.08. The summed E-state index contributed by atoms with van der Waals surface area (Å²) in [4.78, 5) is 4.22. The molecule has 0 aliphatic heterocycles. The van der Waals surface area contributed by atoms with Crippen LogP contribution in [0.3, 0.4) is 0 Å². The van der Waals surface area contributed by atoms with Gasteiger partial charge in [0.2, 0.25) is 5.13 Å². The second-order valence-corrected chi connectivity index (χ2v) is 4.51. The largest absolute Gasteiger partial charge is 0.390 e. The maximum atomic E-state index is 9.36. The molecule has 0 radical (unpaired) electrons. The Labute approximate surface area is 107 Å². The summed E-state index contributed by atoms with van der Waals surface area (Å²) < 4.78 is 1.66. The smallest absolute Gasteiger partial charge is 0.212 e. The SMILES string of the molecule is OCc1nnn(-c2nccs2)c1-c1ccccc1. The van der Waals surface area contributed by atoms with Crippen LogP contribution in [0, 0.1) is 0 Å². The van der Waals surface area contributed by atoms with E-state index in [0.29, 0.717) is 5.69 Å². The summed E-state index contributed by atoms with van der Waals surface area (Å²) in [6.07, 6.45) is 1.72. The molecule has 0 atom stereocenters. The number of hydrogen-bond donors (Lipinski definition) is 1. The average molecular weight is 258 g/mol. The van der Waals surface area contributed by atoms with Gasteiger partial charge in [-0.1, -0.05) is 35.5 Å². The van der Waals surface area contributed by atoms with E-state index in [-0.39, 0.29) is 6.61 Å². The third-order valence-corrected chi connectivity index (χ3v) is 3.28. The van der Waals surface area contributed by atoms with Gasteiger partial charge in [-0.25, -0.2) is 4.98 Å². The molecular weight excluding hydrogens is 248 g/mol. The molecule has 1 N–H and O–H groups in total. The number of aliphatic hydroxyl groups excluding tert-OH is 1. The number of rotatable bonds is 3. The van der Waals surface area contributed by atoms with Crippen molar-refractivity contribution in [2.45, 2.75) is 6.61 Å². The first kappa shape index (κ1) is 11.1. The number of benzene rings is 1. The van der Waals surface area contributed by atoms with Gasteiger partial charge < -0.3 is 5.11 Å². The highest BCUT2D eigenvalue weighted by atomic mass is 32.1. The summed E-state index contributed by atoms with van der Waals surface area (Å²) in [5.41, 5.74) is 2.30. The van der Waals surface area contributed by atoms with Gasteiger partial charge in [0.05, 0.1) is 6.61 Å². The molecule has 0 saturated carbocycles. The van der Waals surface area contributed by atoms with Crippen LogP contribution in [0.15, 0.2) is 41.9 Å². The lowest BCUT2D eigenvalue weighted by atomic mass is 10.1. The van der Waals surface area contributed by atoms with E-state index in [1.54, 1.807) is 10.9 Å². The van der Waals surface area contributed by atoms with E-state index >= 15 is 0 Å². The molecule has 0 bridgehead atoms. The van der Waals surface area contributed by atoms with Crippen molar-refractivity contribution in [1.82, 2.24) is 20.0 Å². The van der Waals surface area contributed by atoms with Gasteiger partial charge in [0.25, 0.3) is 0 Å². The van der Waals surface area contributed by atoms with Crippen LogP contribution >= 0.6 is 11.3 Å². The topological polar surface area (TPSA) is 63.8 Å². The van der Waals surface area contributed by atoms with Crippen LogP contribution in [0.2, 0.25) is 0 Å². The fraction of sp³-hybridized carbons (Fsp3) is 0.0833. The van der Waals surface area contributed by atoms with Gasteiger partial charge >= 0.3 is 0 Å². The van der Waals surface area contributed by atoms with E-state index in [4.69, 9.17) is 0 Å². The Balaban J connectivity index is 2.20. The highest BCUT2D eigenvalue weighted by Gasteiger charge is 2.16. The molecule has 0 spiro atoms. The first-order chi connectivity index (χ1) is 8.90. The number of aliphatic hydroxyl groups is 1. The fourth-order valence-electron chi connectivity index (χ4n) is 1.76. The van der Waals surface area contributed by atoms with Gasteiger partial charge in [-0.2, -0.15) is 4.68 Å². The minimum absolute atomic E-state index is 0.143. The lowest BCUT2D eigenvalue weighted by Crippen LogP contribution is -1.99. The van der Waals surface area contributed by atoms with E-state index in [0.717, 1.165) is 16.4 Å². The van der Waals surface area contributed by atoms with Crippen molar-refractivity contribution in [1.29, 1.82) is 0 Å². The van der Waals surface area contributed by atoms with Crippen molar-refractivity contribution in [3.05, 3.63) is 47.6 Å². The van der Waals surface area contributed by atoms with Crippen LogP contribution in [0.1, 0.15) is 5.69 Å². The van der Waals surface area contributed by atoms with E-state index in [1.807, 2.05) is 35.7 Å². The van der Waals surface area contributed by atoms with Gasteiger partial charge in [-0.05, 0) is 0 Å². The Morgan fingerprint density at radius 3 is 2.72 bits per heavy atom. The molecule has 6 heteroatoms. The molecule has 2 heterocycles. The Hall–Kier alpha value is -2.05. The quantitative estimate of drug-likeness (QED) is 0.779. The van der Waals surface area contributed by atoms with Crippen molar-refractivity contribution < 1.29 is 5.11 Å². The molecule has 0 aliphatic carbocycles. The number of hydrogen-bond acceptors (Lipinski definition) is 5. The third kappa shape index (κ3) is 1.81. The Morgan fingerprint density at radius 1 is 1.22 bits per heavy atom. The van der Waals surface area contributed by atoms with Crippen LogP contribution in [0.4, 0.5) is 0 Å². The maximum Gasteiger partial charge on any atom is 0.212 e. The second-order valence-electron chi connectivity index (χ2n) is 3.64. The molecule has 0 fully saturated rings. The Morgan fingerprint density at radius 2 is 2.06 bits per heavy atom. The zero-order chi connectivity index (χ0) is 12.4. The summed E-state index contributed by atoms with van der Waals surface area (Å²) >= 11 is 1.48. The van der Waals surface area contributed by atoms with E-state index < -0.39 is 0 Å². The monoisotopic (exact) mass is 258 g/mol. The molecule has 3 rings (SSSR count). The van der Waals surface area contributed by atoms with Crippen LogP contribution in [-0.4, -0.2) is 25.1 Å². The summed E-state index contributed by atoms with van der Waals surface area (Å²) in [5, 5.41) is 20.0. The zero-order valence-corrected chi connectivity index (χ0v) is 10.2. The number of thiazole rings is 1. The van der Waals surface area contributed by atoms with Crippen molar-refractivity contribution in [3.63, 3.8) is 0 Å². The van der Waals surface area contributed by atoms with Gasteiger partial charge in [0, 0.05) is 17.1 Å². The predicted octanol–water partition coefficient (Wildman–Crippen LogP) is 1.88. The molecule has 0 aliphatic rings. The van der Waals surface area contributed by atoms with Gasteiger partial charge in [0.1, 0.15) is 11.4 Å². The molecule has 3 aromatic rings. The zero-order valence-electron chi connectivity index (χ0n) is 9.39. The summed E-state index contributed by atoms with van der Waals surface area (Å²) in [6, 6.07) is 9.74. The van der Waals surface area contributed by atoms with Crippen molar-refractivity contribution in [2.24, 2.45) is 0 Å². The molecule has 0 amide bonds. The predicted molar refractivity (Wildman–Crippen MR) is 68.4 cm³/mol. The molecule has 90 valence electrons. The van der Waals surface area contributed by atoms with Crippen molar-refractivity contribution >= 4 is 11.3 Å². The molecule has 2 aromatic heterocycles. The number of nitrogens with zero attached hydrogens (tertiary/aromatic N) is 4. The summed E-state index contributed by atoms with van der Waals surface area (Å²) in [6.45, 7) is -0.143. The molecule has 5 nitrogen and oxygen atoms in total. The highest BCUT2D eigenvalue weighted by molar-refractivity contribution is 7.12. The maximum absolute atomic E-state index is 9.36. The van der Waals surface area contributed by atoms with Crippen molar-refractivity contribution in [2.75, 3.05) is 0 Å². The molecule has 0 unspecified atom stereocenters. The molecular formula is C12H10N4OS. The molecule has 0 saturated heterocycles. The highest BCUT2D eigenvalue weighted by Crippen LogP contribution is 2.25. The van der Waals surface area contributed by atoms with E-state index in [9.17, 15) is 5.11 Å². The first-order valence-electron chi connectivity index (χ1n) is 5.41. The van der Waals surface area contributed by atoms with Crippen LogP contribution < -0.4 is 0 Å². The first-order valence-corrected chi connectivity index (χ1v) is 6.29. The molecule has 1 aromatic carbocycles. The minimum Gasteiger partial charge on any atom is -0.390 e. The van der Waals surface area contributed by atoms with Crippen molar-refractivity contribution in [3.8, 4) is 16.4 Å². The minimum atomic E-state index is -0.143. The van der Waals surface area contributed by atoms with Gasteiger partial charge in [-0.3, -0.25) is 0 Å². The lowest BCUT2D eigenvalue weighted by molar-refractivity contribution is 0.277. The van der Waals surface area contributed by atoms with E-state index in [2.05, 4.69) is 15.3 Å². The normalized spacial score (nSPS) is 10.7. The number of aromatic nitrogens is 4. The third-order valence-electron chi connectivity index (χ3n) is 2.54.